The highest BCUT2D eigenvalue weighted by Crippen LogP contribution is 2.57. The van der Waals surface area contributed by atoms with E-state index in [-0.39, 0.29) is 5.92 Å². The van der Waals surface area contributed by atoms with Crippen LogP contribution in [0.15, 0.2) is 109 Å². The van der Waals surface area contributed by atoms with Crippen LogP contribution in [0.5, 0.6) is 0 Å². The average molecular weight is 420 g/mol. The van der Waals surface area contributed by atoms with E-state index in [4.69, 9.17) is 0 Å². The Kier molecular flexibility index (Phi) is 3.30. The van der Waals surface area contributed by atoms with Crippen LogP contribution in [0.4, 0.5) is 0 Å². The van der Waals surface area contributed by atoms with Crippen LogP contribution in [0.2, 0.25) is 0 Å². The predicted molar refractivity (Wildman–Crippen MR) is 136 cm³/mol. The third kappa shape index (κ3) is 2.22. The van der Waals surface area contributed by atoms with Crippen LogP contribution in [0.1, 0.15) is 45.2 Å². The van der Waals surface area contributed by atoms with E-state index in [9.17, 15) is 0 Å². The smallest absolute Gasteiger partial charge is 0.0471 e. The molecule has 1 heteroatoms. The Morgan fingerprint density at radius 2 is 1.06 bits per heavy atom. The maximum absolute atomic E-state index is 3.63. The number of nitrogens with one attached hydrogen (secondary N) is 1. The molecule has 33 heavy (non-hydrogen) atoms. The number of aromatic nitrogens is 1. The number of H-pyrrole nitrogens is 1. The van der Waals surface area contributed by atoms with Gasteiger partial charge in [-0.05, 0) is 56.6 Å². The van der Waals surface area contributed by atoms with Crippen molar-refractivity contribution in [1.82, 2.24) is 4.98 Å². The van der Waals surface area contributed by atoms with Crippen LogP contribution in [0.3, 0.4) is 0 Å². The molecule has 3 aliphatic rings. The quantitative estimate of drug-likeness (QED) is 0.278. The summed E-state index contributed by atoms with van der Waals surface area (Å²) in [6.45, 7) is 0. The third-order valence-electron chi connectivity index (χ3n) is 7.79. The zero-order valence-corrected chi connectivity index (χ0v) is 18.0. The minimum absolute atomic E-state index is 0.284. The van der Waals surface area contributed by atoms with Crippen LogP contribution < -0.4 is 0 Å². The number of hydrogen-bond acceptors (Lipinski definition) is 0. The summed E-state index contributed by atoms with van der Waals surface area (Å²) in [5, 5.41) is 2.58. The number of fused-ring (bicyclic) bond motifs is 3. The molecular weight excluding hydrogens is 398 g/mol. The molecule has 1 nitrogen and oxygen atoms in total. The van der Waals surface area contributed by atoms with Crippen LogP contribution >= 0.6 is 0 Å². The van der Waals surface area contributed by atoms with Gasteiger partial charge in [-0.15, -0.1) is 0 Å². The Bertz CT molecular complexity index is 1690. The molecule has 0 atom stereocenters. The second kappa shape index (κ2) is 6.24. The van der Waals surface area contributed by atoms with Gasteiger partial charge in [0.25, 0.3) is 0 Å². The van der Waals surface area contributed by atoms with Gasteiger partial charge in [0.05, 0.1) is 0 Å². The van der Waals surface area contributed by atoms with E-state index in [0.717, 1.165) is 0 Å². The van der Waals surface area contributed by atoms with E-state index in [1.807, 2.05) is 0 Å². The summed E-state index contributed by atoms with van der Waals surface area (Å²) < 4.78 is 0. The lowest BCUT2D eigenvalue weighted by Crippen LogP contribution is -2.28. The van der Waals surface area contributed by atoms with Crippen LogP contribution in [-0.2, 0) is 0 Å². The molecule has 0 amide bonds. The van der Waals surface area contributed by atoms with Crippen molar-refractivity contribution in [3.05, 3.63) is 143 Å². The fraction of sp³-hybridized carbons (Fsp3) is 0.0625. The van der Waals surface area contributed by atoms with Gasteiger partial charge >= 0.3 is 0 Å². The second-order valence-corrected chi connectivity index (χ2v) is 9.36. The maximum atomic E-state index is 3.63. The Morgan fingerprint density at radius 3 is 1.82 bits per heavy atom. The van der Waals surface area contributed by atoms with E-state index in [1.165, 1.54) is 66.3 Å². The zero-order chi connectivity index (χ0) is 21.5. The summed E-state index contributed by atoms with van der Waals surface area (Å²) >= 11 is 0. The standard InChI is InChI=1S/C32H21N/c1-3-11-25-23(9-1)30-24-10-2-4-12-26(24)32(25)31-20(13-7-14-27(30)31)19-16-17-22-21-8-5-6-15-28(21)33-29(22)18-19/h1-18,30,32-33H. The van der Waals surface area contributed by atoms with E-state index in [2.05, 4.69) is 114 Å². The third-order valence-corrected chi connectivity index (χ3v) is 7.79. The van der Waals surface area contributed by atoms with Gasteiger partial charge < -0.3 is 4.98 Å². The molecule has 0 fully saturated rings. The minimum Gasteiger partial charge on any atom is -0.354 e. The van der Waals surface area contributed by atoms with Gasteiger partial charge in [-0.1, -0.05) is 97.1 Å². The highest BCUT2D eigenvalue weighted by Gasteiger charge is 2.42. The molecule has 1 heterocycles. The Labute approximate surface area is 192 Å². The number of hydrogen-bond donors (Lipinski definition) is 1. The van der Waals surface area contributed by atoms with E-state index in [0.29, 0.717) is 5.92 Å². The van der Waals surface area contributed by atoms with E-state index < -0.39 is 0 Å². The van der Waals surface area contributed by atoms with Crippen molar-refractivity contribution in [2.24, 2.45) is 0 Å². The predicted octanol–water partition coefficient (Wildman–Crippen LogP) is 7.98. The molecule has 5 aromatic carbocycles. The molecule has 0 unspecified atom stereocenters. The number of para-hydroxylation sites is 1. The summed E-state index contributed by atoms with van der Waals surface area (Å²) in [4.78, 5) is 3.63. The van der Waals surface area contributed by atoms with Gasteiger partial charge in [-0.25, -0.2) is 0 Å². The molecule has 0 saturated carbocycles. The first kappa shape index (κ1) is 17.5. The van der Waals surface area contributed by atoms with Gasteiger partial charge in [0.2, 0.25) is 0 Å². The van der Waals surface area contributed by atoms with Crippen molar-refractivity contribution in [1.29, 1.82) is 0 Å². The number of benzene rings is 5. The van der Waals surface area contributed by atoms with Gasteiger partial charge in [-0.3, -0.25) is 0 Å². The van der Waals surface area contributed by atoms with Crippen molar-refractivity contribution < 1.29 is 0 Å². The first-order valence-electron chi connectivity index (χ1n) is 11.7. The monoisotopic (exact) mass is 419 g/mol. The van der Waals surface area contributed by atoms with E-state index >= 15 is 0 Å². The second-order valence-electron chi connectivity index (χ2n) is 9.36. The lowest BCUT2D eigenvalue weighted by atomic mass is 9.60. The molecule has 2 bridgehead atoms. The fourth-order valence-electron chi connectivity index (χ4n) is 6.49. The first-order valence-corrected chi connectivity index (χ1v) is 11.7. The molecule has 154 valence electrons. The van der Waals surface area contributed by atoms with Crippen molar-refractivity contribution in [2.75, 3.05) is 0 Å². The molecule has 0 aliphatic heterocycles. The SMILES string of the molecule is c1ccc2c(c1)C1c3ccccc3C2c2c(-c3ccc4c(c3)[nH]c3ccccc34)cccc21. The molecule has 3 aliphatic carbocycles. The molecule has 6 aromatic rings. The summed E-state index contributed by atoms with van der Waals surface area (Å²) in [5.74, 6) is 0.598. The highest BCUT2D eigenvalue weighted by molar-refractivity contribution is 6.08. The van der Waals surface area contributed by atoms with Crippen LogP contribution in [-0.4, -0.2) is 4.98 Å². The molecule has 9 rings (SSSR count). The fourth-order valence-corrected chi connectivity index (χ4v) is 6.49. The van der Waals surface area contributed by atoms with Gasteiger partial charge in [0.15, 0.2) is 0 Å². The zero-order valence-electron chi connectivity index (χ0n) is 18.0. The highest BCUT2D eigenvalue weighted by atomic mass is 14.7. The summed E-state index contributed by atoms with van der Waals surface area (Å²) in [5.41, 5.74) is 13.9. The Balaban J connectivity index is 1.41. The molecule has 1 aromatic heterocycles. The average Bonchev–Trinajstić information content (AvgIpc) is 3.26. The minimum atomic E-state index is 0.284. The van der Waals surface area contributed by atoms with Crippen molar-refractivity contribution in [3.8, 4) is 11.1 Å². The normalized spacial score (nSPS) is 17.7. The van der Waals surface area contributed by atoms with Crippen LogP contribution in [0.25, 0.3) is 32.9 Å². The Hall–Kier alpha value is -4.10. The molecule has 0 spiro atoms. The van der Waals surface area contributed by atoms with Gasteiger partial charge in [0, 0.05) is 33.6 Å². The van der Waals surface area contributed by atoms with E-state index in [1.54, 1.807) is 0 Å². The summed E-state index contributed by atoms with van der Waals surface area (Å²) in [6, 6.07) is 40.5. The largest absolute Gasteiger partial charge is 0.354 e. The lowest BCUT2D eigenvalue weighted by molar-refractivity contribution is 0.756. The summed E-state index contributed by atoms with van der Waals surface area (Å²) in [7, 11) is 0. The lowest BCUT2D eigenvalue weighted by Gasteiger charge is -2.43. The molecule has 0 radical (unpaired) electrons. The molecule has 0 saturated heterocycles. The van der Waals surface area contributed by atoms with Gasteiger partial charge in [0.1, 0.15) is 0 Å². The van der Waals surface area contributed by atoms with Crippen molar-refractivity contribution >= 4 is 21.8 Å². The number of rotatable bonds is 1. The topological polar surface area (TPSA) is 15.8 Å². The van der Waals surface area contributed by atoms with Crippen molar-refractivity contribution in [2.45, 2.75) is 11.8 Å². The number of aromatic amines is 1. The molecular formula is C32H21N. The molecule has 1 N–H and O–H groups in total. The maximum Gasteiger partial charge on any atom is 0.0471 e. The summed E-state index contributed by atoms with van der Waals surface area (Å²) in [6.07, 6.45) is 0. The van der Waals surface area contributed by atoms with Crippen LogP contribution in [0, 0.1) is 0 Å². The van der Waals surface area contributed by atoms with Crippen molar-refractivity contribution in [3.63, 3.8) is 0 Å². The van der Waals surface area contributed by atoms with Gasteiger partial charge in [-0.2, -0.15) is 0 Å². The first-order chi connectivity index (χ1) is 16.4. The Morgan fingerprint density at radius 1 is 0.455 bits per heavy atom.